The van der Waals surface area contributed by atoms with Crippen LogP contribution in [0.2, 0.25) is 5.02 Å². The second-order valence-corrected chi connectivity index (χ2v) is 7.60. The van der Waals surface area contributed by atoms with Gasteiger partial charge in [-0.05, 0) is 42.5 Å². The van der Waals surface area contributed by atoms with E-state index in [1.807, 2.05) is 4.57 Å². The van der Waals surface area contributed by atoms with Crippen molar-refractivity contribution in [3.63, 3.8) is 0 Å². The molecule has 0 fully saturated rings. The Kier molecular flexibility index (Phi) is 6.20. The van der Waals surface area contributed by atoms with Crippen molar-refractivity contribution < 1.29 is 18.3 Å². The number of aromatic nitrogens is 2. The van der Waals surface area contributed by atoms with E-state index < -0.39 is 5.82 Å². The molecule has 1 N–H and O–H groups in total. The molecule has 0 bridgehead atoms. The van der Waals surface area contributed by atoms with Crippen molar-refractivity contribution in [2.75, 3.05) is 25.6 Å². The molecule has 9 heteroatoms. The van der Waals surface area contributed by atoms with Crippen molar-refractivity contribution in [1.82, 2.24) is 14.5 Å². The highest BCUT2D eigenvalue weighted by Gasteiger charge is 2.27. The van der Waals surface area contributed by atoms with E-state index >= 15 is 0 Å². The summed E-state index contributed by atoms with van der Waals surface area (Å²) in [5.74, 6) is 0.439. The number of hydrogen-bond acceptors (Lipinski definition) is 4. The normalized spacial score (nSPS) is 13.2. The molecular weight excluding hydrogens is 426 g/mol. The van der Waals surface area contributed by atoms with E-state index in [2.05, 4.69) is 5.32 Å². The summed E-state index contributed by atoms with van der Waals surface area (Å²) >= 11 is 5.80. The average Bonchev–Trinajstić information content (AvgIpc) is 3.12. The van der Waals surface area contributed by atoms with Gasteiger partial charge in [-0.1, -0.05) is 11.6 Å². The van der Waals surface area contributed by atoms with Crippen molar-refractivity contribution in [3.8, 4) is 11.3 Å². The molecule has 0 spiro atoms. The smallest absolute Gasteiger partial charge is 0.225 e. The van der Waals surface area contributed by atoms with E-state index in [-0.39, 0.29) is 16.7 Å². The maximum Gasteiger partial charge on any atom is 0.225 e. The number of fused-ring (bicyclic) bond motifs is 1. The number of methoxy groups -OCH3 is 1. The van der Waals surface area contributed by atoms with Crippen LogP contribution < -0.4 is 5.32 Å². The number of imidazole rings is 1. The fourth-order valence-corrected chi connectivity index (χ4v) is 3.66. The molecule has 1 aromatic heterocycles. The topological polar surface area (TPSA) is 59.4 Å². The van der Waals surface area contributed by atoms with Crippen molar-refractivity contribution >= 4 is 29.0 Å². The van der Waals surface area contributed by atoms with E-state index in [4.69, 9.17) is 21.3 Å². The molecule has 2 heterocycles. The van der Waals surface area contributed by atoms with Gasteiger partial charge in [0.05, 0.1) is 24.6 Å². The van der Waals surface area contributed by atoms with Crippen LogP contribution in [0.1, 0.15) is 12.2 Å². The predicted octanol–water partition coefficient (Wildman–Crippen LogP) is 4.60. The molecule has 1 aliphatic heterocycles. The van der Waals surface area contributed by atoms with Gasteiger partial charge >= 0.3 is 0 Å². The second-order valence-electron chi connectivity index (χ2n) is 7.20. The highest BCUT2D eigenvalue weighted by molar-refractivity contribution is 6.30. The first-order chi connectivity index (χ1) is 15.0. The summed E-state index contributed by atoms with van der Waals surface area (Å²) in [6.45, 7) is 1.73. The number of nitrogens with one attached hydrogen (secondary N) is 1. The molecule has 1 amide bonds. The van der Waals surface area contributed by atoms with Gasteiger partial charge in [0.25, 0.3) is 0 Å². The van der Waals surface area contributed by atoms with Gasteiger partial charge in [-0.2, -0.15) is 0 Å². The van der Waals surface area contributed by atoms with Crippen LogP contribution in [0.25, 0.3) is 11.3 Å². The Hall–Kier alpha value is -2.97. The number of carbonyl (C=O) groups excluding carboxylic acids is 1. The van der Waals surface area contributed by atoms with Crippen LogP contribution in [0, 0.1) is 11.6 Å². The first kappa shape index (κ1) is 21.3. The number of halogens is 3. The van der Waals surface area contributed by atoms with E-state index in [1.54, 1.807) is 30.2 Å². The molecule has 0 atom stereocenters. The Bertz CT molecular complexity index is 1100. The number of hydrogen-bond donors (Lipinski definition) is 1. The Morgan fingerprint density at radius 1 is 1.19 bits per heavy atom. The van der Waals surface area contributed by atoms with Gasteiger partial charge in [-0.15, -0.1) is 0 Å². The predicted molar refractivity (Wildman–Crippen MR) is 114 cm³/mol. The third kappa shape index (κ3) is 4.55. The SMILES string of the molecule is COCCC(=O)N1CCn2c(nc(-c3ccc(F)cc3)c2Nc2ccc(Cl)c(F)c2)C1. The van der Waals surface area contributed by atoms with E-state index in [9.17, 15) is 13.6 Å². The lowest BCUT2D eigenvalue weighted by Gasteiger charge is -2.28. The zero-order valence-corrected chi connectivity index (χ0v) is 17.6. The van der Waals surface area contributed by atoms with Crippen LogP contribution in [-0.2, 0) is 22.6 Å². The number of benzene rings is 2. The van der Waals surface area contributed by atoms with E-state index in [1.165, 1.54) is 24.3 Å². The molecular formula is C22H21ClF2N4O2. The van der Waals surface area contributed by atoms with Crippen LogP contribution in [-0.4, -0.2) is 40.6 Å². The molecule has 162 valence electrons. The van der Waals surface area contributed by atoms with Gasteiger partial charge in [0.15, 0.2) is 0 Å². The van der Waals surface area contributed by atoms with Crippen LogP contribution in [0.3, 0.4) is 0 Å². The molecule has 0 saturated carbocycles. The lowest BCUT2D eigenvalue weighted by molar-refractivity contribution is -0.133. The molecule has 2 aromatic carbocycles. The van der Waals surface area contributed by atoms with Gasteiger partial charge in [0.2, 0.25) is 5.91 Å². The van der Waals surface area contributed by atoms with Gasteiger partial charge < -0.3 is 19.5 Å². The quantitative estimate of drug-likeness (QED) is 0.601. The first-order valence-corrected chi connectivity index (χ1v) is 10.2. The van der Waals surface area contributed by atoms with Crippen molar-refractivity contribution in [3.05, 3.63) is 64.9 Å². The minimum absolute atomic E-state index is 0.00582. The maximum absolute atomic E-state index is 14.0. The van der Waals surface area contributed by atoms with E-state index in [0.29, 0.717) is 61.2 Å². The zero-order valence-electron chi connectivity index (χ0n) is 16.9. The fourth-order valence-electron chi connectivity index (χ4n) is 3.54. The monoisotopic (exact) mass is 446 g/mol. The van der Waals surface area contributed by atoms with Crippen LogP contribution in [0.4, 0.5) is 20.3 Å². The third-order valence-corrected chi connectivity index (χ3v) is 5.45. The van der Waals surface area contributed by atoms with Gasteiger partial charge in [0.1, 0.15) is 29.0 Å². The largest absolute Gasteiger partial charge is 0.384 e. The Morgan fingerprint density at radius 3 is 2.68 bits per heavy atom. The number of carbonyl (C=O) groups is 1. The van der Waals surface area contributed by atoms with Crippen molar-refractivity contribution in [2.45, 2.75) is 19.5 Å². The Balaban J connectivity index is 1.70. The minimum Gasteiger partial charge on any atom is -0.384 e. The lowest BCUT2D eigenvalue weighted by atomic mass is 10.1. The molecule has 4 rings (SSSR count). The first-order valence-electron chi connectivity index (χ1n) is 9.80. The Morgan fingerprint density at radius 2 is 1.97 bits per heavy atom. The number of ether oxygens (including phenoxy) is 1. The number of nitrogens with zero attached hydrogens (tertiary/aromatic N) is 3. The summed E-state index contributed by atoms with van der Waals surface area (Å²) < 4.78 is 34.4. The number of anilines is 2. The lowest BCUT2D eigenvalue weighted by Crippen LogP contribution is -2.38. The summed E-state index contributed by atoms with van der Waals surface area (Å²) in [4.78, 5) is 18.9. The average molecular weight is 447 g/mol. The fraction of sp³-hybridized carbons (Fsp3) is 0.273. The zero-order chi connectivity index (χ0) is 22.0. The highest BCUT2D eigenvalue weighted by Crippen LogP contribution is 2.34. The third-order valence-electron chi connectivity index (χ3n) is 5.15. The summed E-state index contributed by atoms with van der Waals surface area (Å²) in [5.41, 5.74) is 1.81. The van der Waals surface area contributed by atoms with Gasteiger partial charge in [0, 0.05) is 31.5 Å². The van der Waals surface area contributed by atoms with Gasteiger partial charge in [-0.3, -0.25) is 4.79 Å². The van der Waals surface area contributed by atoms with Crippen LogP contribution >= 0.6 is 11.6 Å². The Labute approximate surface area is 183 Å². The molecule has 0 unspecified atom stereocenters. The van der Waals surface area contributed by atoms with E-state index in [0.717, 1.165) is 0 Å². The van der Waals surface area contributed by atoms with Crippen molar-refractivity contribution in [2.24, 2.45) is 0 Å². The summed E-state index contributed by atoms with van der Waals surface area (Å²) in [7, 11) is 1.56. The molecule has 3 aromatic rings. The molecule has 1 aliphatic rings. The van der Waals surface area contributed by atoms with Gasteiger partial charge in [-0.25, -0.2) is 13.8 Å². The molecule has 31 heavy (non-hydrogen) atoms. The standard InChI is InChI=1S/C22H21ClF2N4O2/c1-31-11-8-20(30)28-9-10-29-19(13-28)27-21(14-2-4-15(24)5-3-14)22(29)26-16-6-7-17(23)18(25)12-16/h2-7,12,26H,8-11,13H2,1H3. The number of rotatable bonds is 6. The van der Waals surface area contributed by atoms with Crippen LogP contribution in [0.5, 0.6) is 0 Å². The molecule has 0 aliphatic carbocycles. The summed E-state index contributed by atoms with van der Waals surface area (Å²) in [5, 5.41) is 3.26. The maximum atomic E-state index is 14.0. The molecule has 6 nitrogen and oxygen atoms in total. The highest BCUT2D eigenvalue weighted by atomic mass is 35.5. The molecule has 0 saturated heterocycles. The minimum atomic E-state index is -0.539. The van der Waals surface area contributed by atoms with Crippen LogP contribution in [0.15, 0.2) is 42.5 Å². The number of amides is 1. The molecule has 0 radical (unpaired) electrons. The summed E-state index contributed by atoms with van der Waals surface area (Å²) in [6, 6.07) is 10.4. The second kappa shape index (κ2) is 9.03. The summed E-state index contributed by atoms with van der Waals surface area (Å²) in [6.07, 6.45) is 0.303. The van der Waals surface area contributed by atoms with Crippen molar-refractivity contribution in [1.29, 1.82) is 0 Å².